The van der Waals surface area contributed by atoms with Crippen molar-refractivity contribution in [2.75, 3.05) is 7.05 Å². The minimum absolute atomic E-state index is 0. The lowest BCUT2D eigenvalue weighted by atomic mass is 9.83. The minimum Gasteiger partial charge on any atom is -0.392 e. The molecule has 0 radical (unpaired) electrons. The van der Waals surface area contributed by atoms with Gasteiger partial charge in [-0.2, -0.15) is 0 Å². The van der Waals surface area contributed by atoms with Crippen molar-refractivity contribution >= 4 is 29.7 Å². The van der Waals surface area contributed by atoms with Crippen molar-refractivity contribution in [2.24, 2.45) is 11.7 Å². The summed E-state index contributed by atoms with van der Waals surface area (Å²) in [5.74, 6) is 0.0773. The maximum atomic E-state index is 12.6. The number of hydrogen-bond acceptors (Lipinski definition) is 5. The second-order valence-corrected chi connectivity index (χ2v) is 7.79. The molecule has 2 aliphatic carbocycles. The third-order valence-electron chi connectivity index (χ3n) is 4.85. The molecular formula is C16H26ClN3O2S. The fourth-order valence-electron chi connectivity index (χ4n) is 3.48. The number of rotatable bonds is 3. The first-order valence-electron chi connectivity index (χ1n) is 8.20. The van der Waals surface area contributed by atoms with Crippen LogP contribution in [0.15, 0.2) is 0 Å². The first kappa shape index (κ1) is 18.6. The number of aliphatic hydroxyl groups is 1. The Hall–Kier alpha value is -0.690. The second kappa shape index (κ2) is 7.92. The number of nitrogens with zero attached hydrogens (tertiary/aromatic N) is 2. The van der Waals surface area contributed by atoms with Gasteiger partial charge < -0.3 is 15.7 Å². The third kappa shape index (κ3) is 4.24. The lowest BCUT2D eigenvalue weighted by molar-refractivity contribution is -0.136. The number of halogens is 1. The number of fused-ring (bicyclic) bond motifs is 1. The fourth-order valence-corrected chi connectivity index (χ4v) is 4.69. The summed E-state index contributed by atoms with van der Waals surface area (Å²) in [7, 11) is 1.85. The highest BCUT2D eigenvalue weighted by atomic mass is 35.5. The smallest absolute Gasteiger partial charge is 0.225 e. The van der Waals surface area contributed by atoms with E-state index in [4.69, 9.17) is 10.7 Å². The van der Waals surface area contributed by atoms with Crippen LogP contribution in [0.3, 0.4) is 0 Å². The van der Waals surface area contributed by atoms with Gasteiger partial charge in [0, 0.05) is 23.9 Å². The first-order chi connectivity index (χ1) is 10.5. The topological polar surface area (TPSA) is 79.5 Å². The van der Waals surface area contributed by atoms with Crippen LogP contribution >= 0.6 is 23.7 Å². The van der Waals surface area contributed by atoms with Crippen molar-refractivity contribution in [3.8, 4) is 0 Å². The Balaban J connectivity index is 0.00000192. The van der Waals surface area contributed by atoms with Crippen LogP contribution in [0.5, 0.6) is 0 Å². The van der Waals surface area contributed by atoms with Gasteiger partial charge in [0.25, 0.3) is 0 Å². The van der Waals surface area contributed by atoms with E-state index in [1.54, 1.807) is 16.2 Å². The Labute approximate surface area is 147 Å². The van der Waals surface area contributed by atoms with Crippen molar-refractivity contribution in [1.82, 2.24) is 9.88 Å². The highest BCUT2D eigenvalue weighted by Crippen LogP contribution is 2.29. The largest absolute Gasteiger partial charge is 0.392 e. The number of thiazole rings is 1. The van der Waals surface area contributed by atoms with Crippen LogP contribution in [0.1, 0.15) is 47.7 Å². The van der Waals surface area contributed by atoms with E-state index >= 15 is 0 Å². The van der Waals surface area contributed by atoms with Crippen LogP contribution in [0.4, 0.5) is 0 Å². The zero-order valence-corrected chi connectivity index (χ0v) is 15.2. The summed E-state index contributed by atoms with van der Waals surface area (Å²) in [6.07, 6.45) is 6.18. The number of aliphatic hydroxyl groups excluding tert-OH is 1. The van der Waals surface area contributed by atoms with Crippen LogP contribution in [-0.2, 0) is 24.2 Å². The number of carbonyl (C=O) groups is 1. The molecule has 2 aliphatic rings. The van der Waals surface area contributed by atoms with Crippen LogP contribution in [0.25, 0.3) is 0 Å². The van der Waals surface area contributed by atoms with E-state index in [0.29, 0.717) is 19.4 Å². The number of hydrogen-bond donors (Lipinski definition) is 2. The van der Waals surface area contributed by atoms with Crippen LogP contribution in [0.2, 0.25) is 0 Å². The summed E-state index contributed by atoms with van der Waals surface area (Å²) in [5.41, 5.74) is 7.14. The first-order valence-corrected chi connectivity index (χ1v) is 9.02. The molecule has 130 valence electrons. The maximum absolute atomic E-state index is 12.6. The Morgan fingerprint density at radius 3 is 2.83 bits per heavy atom. The summed E-state index contributed by atoms with van der Waals surface area (Å²) in [4.78, 5) is 20.5. The van der Waals surface area contributed by atoms with Gasteiger partial charge in [0.1, 0.15) is 5.01 Å². The van der Waals surface area contributed by atoms with E-state index in [1.807, 2.05) is 7.05 Å². The second-order valence-electron chi connectivity index (χ2n) is 6.62. The van der Waals surface area contributed by atoms with E-state index in [9.17, 15) is 9.90 Å². The van der Waals surface area contributed by atoms with Crippen LogP contribution in [-0.4, -0.2) is 40.1 Å². The highest BCUT2D eigenvalue weighted by molar-refractivity contribution is 7.11. The van der Waals surface area contributed by atoms with Gasteiger partial charge >= 0.3 is 0 Å². The molecule has 3 rings (SSSR count). The number of amides is 1. The molecular weight excluding hydrogens is 334 g/mol. The predicted octanol–water partition coefficient (Wildman–Crippen LogP) is 1.89. The monoisotopic (exact) mass is 359 g/mol. The van der Waals surface area contributed by atoms with Gasteiger partial charge in [0.2, 0.25) is 5.91 Å². The highest BCUT2D eigenvalue weighted by Gasteiger charge is 2.32. The minimum atomic E-state index is -0.458. The molecule has 0 aliphatic heterocycles. The number of aryl methyl sites for hydroxylation is 2. The summed E-state index contributed by atoms with van der Waals surface area (Å²) >= 11 is 1.76. The zero-order chi connectivity index (χ0) is 15.7. The molecule has 1 fully saturated rings. The fraction of sp³-hybridized carbons (Fsp3) is 0.750. The standard InChI is InChI=1S/C16H25N3O2S.ClH/c1-19(16(21)10-6-7-13(20)11(17)8-10)9-15-18-12-4-2-3-5-14(12)22-15;/h10-11,13,20H,2-9,17H2,1H3;1H/t10-,11+,13+;/m0./s1. The quantitative estimate of drug-likeness (QED) is 0.863. The van der Waals surface area contributed by atoms with Crippen LogP contribution in [0, 0.1) is 5.92 Å². The van der Waals surface area contributed by atoms with Crippen molar-refractivity contribution in [2.45, 2.75) is 63.6 Å². The molecule has 7 heteroatoms. The molecule has 0 spiro atoms. The van der Waals surface area contributed by atoms with E-state index in [0.717, 1.165) is 24.3 Å². The lowest BCUT2D eigenvalue weighted by Gasteiger charge is -2.32. The Morgan fingerprint density at radius 2 is 2.13 bits per heavy atom. The normalized spacial score (nSPS) is 27.0. The van der Waals surface area contributed by atoms with Crippen molar-refractivity contribution in [3.63, 3.8) is 0 Å². The van der Waals surface area contributed by atoms with E-state index in [-0.39, 0.29) is 30.3 Å². The predicted molar refractivity (Wildman–Crippen MR) is 93.8 cm³/mol. The maximum Gasteiger partial charge on any atom is 0.225 e. The molecule has 1 heterocycles. The molecule has 1 amide bonds. The molecule has 3 atom stereocenters. The average Bonchev–Trinajstić information content (AvgIpc) is 2.91. The summed E-state index contributed by atoms with van der Waals surface area (Å²) in [5, 5.41) is 10.7. The van der Waals surface area contributed by atoms with E-state index in [1.165, 1.54) is 23.4 Å². The molecule has 1 aromatic heterocycles. The molecule has 0 bridgehead atoms. The Morgan fingerprint density at radius 1 is 1.39 bits per heavy atom. The number of carbonyl (C=O) groups excluding carboxylic acids is 1. The molecule has 0 saturated heterocycles. The molecule has 23 heavy (non-hydrogen) atoms. The van der Waals surface area contributed by atoms with Gasteiger partial charge in [0.05, 0.1) is 18.3 Å². The molecule has 3 N–H and O–H groups in total. The number of aromatic nitrogens is 1. The van der Waals surface area contributed by atoms with Crippen molar-refractivity contribution in [3.05, 3.63) is 15.6 Å². The SMILES string of the molecule is CN(Cc1nc2c(s1)CCCC2)C(=O)[C@H]1CC[C@@H](O)[C@H](N)C1.Cl. The molecule has 1 aromatic rings. The Kier molecular flexibility index (Phi) is 6.42. The third-order valence-corrected chi connectivity index (χ3v) is 5.99. The van der Waals surface area contributed by atoms with Crippen molar-refractivity contribution in [1.29, 1.82) is 0 Å². The zero-order valence-electron chi connectivity index (χ0n) is 13.5. The number of nitrogens with two attached hydrogens (primary N) is 1. The van der Waals surface area contributed by atoms with Gasteiger partial charge in [0.15, 0.2) is 0 Å². The summed E-state index contributed by atoms with van der Waals surface area (Å²) in [6, 6.07) is -0.275. The van der Waals surface area contributed by atoms with E-state index in [2.05, 4.69) is 0 Å². The average molecular weight is 360 g/mol. The molecule has 0 unspecified atom stereocenters. The van der Waals surface area contributed by atoms with Crippen molar-refractivity contribution < 1.29 is 9.90 Å². The van der Waals surface area contributed by atoms with Gasteiger partial charge in [-0.05, 0) is 44.9 Å². The van der Waals surface area contributed by atoms with Gasteiger partial charge in [-0.3, -0.25) is 4.79 Å². The molecule has 5 nitrogen and oxygen atoms in total. The summed E-state index contributed by atoms with van der Waals surface area (Å²) in [6.45, 7) is 0.588. The summed E-state index contributed by atoms with van der Waals surface area (Å²) < 4.78 is 0. The molecule has 1 saturated carbocycles. The van der Waals surface area contributed by atoms with Gasteiger partial charge in [-0.15, -0.1) is 23.7 Å². The molecule has 0 aromatic carbocycles. The lowest BCUT2D eigenvalue weighted by Crippen LogP contribution is -2.45. The van der Waals surface area contributed by atoms with Gasteiger partial charge in [-0.1, -0.05) is 0 Å². The Bertz CT molecular complexity index is 528. The van der Waals surface area contributed by atoms with E-state index < -0.39 is 6.10 Å². The van der Waals surface area contributed by atoms with Gasteiger partial charge in [-0.25, -0.2) is 4.98 Å². The van der Waals surface area contributed by atoms with Crippen LogP contribution < -0.4 is 5.73 Å².